The van der Waals surface area contributed by atoms with Crippen LogP contribution in [-0.2, 0) is 0 Å². The predicted octanol–water partition coefficient (Wildman–Crippen LogP) is 1.83. The third-order valence-corrected chi connectivity index (χ3v) is 3.12. The smallest absolute Gasteiger partial charge is 0.339 e. The Labute approximate surface area is 122 Å². The molecule has 0 aliphatic heterocycles. The number of nitrogens with zero attached hydrogens (tertiary/aromatic N) is 3. The van der Waals surface area contributed by atoms with Crippen molar-refractivity contribution in [3.63, 3.8) is 0 Å². The number of carbonyl (C=O) groups is 1. The molecule has 21 heavy (non-hydrogen) atoms. The highest BCUT2D eigenvalue weighted by molar-refractivity contribution is 5.93. The number of hydrogen-bond donors (Lipinski definition) is 2. The van der Waals surface area contributed by atoms with E-state index in [1.807, 2.05) is 20.8 Å². The summed E-state index contributed by atoms with van der Waals surface area (Å²) in [4.78, 5) is 27.3. The van der Waals surface area contributed by atoms with Gasteiger partial charge in [0.25, 0.3) is 5.69 Å². The molecule has 0 radical (unpaired) electrons. The van der Waals surface area contributed by atoms with Gasteiger partial charge < -0.3 is 15.3 Å². The first kappa shape index (κ1) is 16.8. The number of aromatic carboxylic acids is 1. The Morgan fingerprint density at radius 1 is 1.52 bits per heavy atom. The molecule has 0 spiro atoms. The maximum absolute atomic E-state index is 11.2. The molecule has 8 heteroatoms. The average Bonchev–Trinajstić information content (AvgIpc) is 2.44. The summed E-state index contributed by atoms with van der Waals surface area (Å²) in [7, 11) is 0. The lowest BCUT2D eigenvalue weighted by Gasteiger charge is -2.24. The van der Waals surface area contributed by atoms with E-state index in [4.69, 9.17) is 5.11 Å². The van der Waals surface area contributed by atoms with Gasteiger partial charge in [-0.15, -0.1) is 0 Å². The van der Waals surface area contributed by atoms with Gasteiger partial charge in [-0.1, -0.05) is 13.8 Å². The summed E-state index contributed by atoms with van der Waals surface area (Å²) >= 11 is 0. The number of carboxylic acids is 1. The van der Waals surface area contributed by atoms with Crippen molar-refractivity contribution in [1.29, 1.82) is 0 Å². The molecule has 0 saturated carbocycles. The highest BCUT2D eigenvalue weighted by Crippen LogP contribution is 2.19. The van der Waals surface area contributed by atoms with E-state index in [-0.39, 0.29) is 23.1 Å². The van der Waals surface area contributed by atoms with Crippen molar-refractivity contribution < 1.29 is 14.8 Å². The summed E-state index contributed by atoms with van der Waals surface area (Å²) in [6.45, 7) is 8.51. The van der Waals surface area contributed by atoms with Gasteiger partial charge in [0.15, 0.2) is 0 Å². The van der Waals surface area contributed by atoms with Gasteiger partial charge in [0, 0.05) is 18.7 Å². The molecule has 0 aliphatic carbocycles. The molecular formula is C13H20N4O4. The normalized spacial score (nSPS) is 12.2. The Morgan fingerprint density at radius 2 is 2.14 bits per heavy atom. The van der Waals surface area contributed by atoms with Crippen LogP contribution in [0.15, 0.2) is 12.3 Å². The number of pyridine rings is 1. The molecule has 2 N–H and O–H groups in total. The molecule has 8 nitrogen and oxygen atoms in total. The average molecular weight is 296 g/mol. The molecule has 0 aromatic carbocycles. The zero-order valence-electron chi connectivity index (χ0n) is 12.4. The van der Waals surface area contributed by atoms with E-state index < -0.39 is 10.9 Å². The number of carboxylic acid groups (broad SMARTS) is 1. The molecule has 1 unspecified atom stereocenters. The first-order chi connectivity index (χ1) is 9.88. The van der Waals surface area contributed by atoms with Crippen LogP contribution in [0.5, 0.6) is 0 Å². The first-order valence-corrected chi connectivity index (χ1v) is 6.75. The van der Waals surface area contributed by atoms with E-state index in [0.717, 1.165) is 31.9 Å². The van der Waals surface area contributed by atoms with Gasteiger partial charge in [-0.05, 0) is 20.0 Å². The Balaban J connectivity index is 2.92. The van der Waals surface area contributed by atoms with Crippen LogP contribution in [0.4, 0.5) is 11.5 Å². The van der Waals surface area contributed by atoms with E-state index in [9.17, 15) is 14.9 Å². The molecule has 1 heterocycles. The van der Waals surface area contributed by atoms with Crippen molar-refractivity contribution in [3.05, 3.63) is 27.9 Å². The van der Waals surface area contributed by atoms with E-state index in [1.54, 1.807) is 0 Å². The minimum atomic E-state index is -1.25. The van der Waals surface area contributed by atoms with Crippen LogP contribution in [0.1, 0.15) is 31.1 Å². The van der Waals surface area contributed by atoms with Gasteiger partial charge in [-0.25, -0.2) is 9.78 Å². The molecule has 0 bridgehead atoms. The van der Waals surface area contributed by atoms with E-state index >= 15 is 0 Å². The Morgan fingerprint density at radius 3 is 2.62 bits per heavy atom. The lowest BCUT2D eigenvalue weighted by atomic mass is 10.2. The number of nitrogens with one attached hydrogen (secondary N) is 1. The van der Waals surface area contributed by atoms with Gasteiger partial charge in [0.1, 0.15) is 17.6 Å². The monoisotopic (exact) mass is 296 g/mol. The highest BCUT2D eigenvalue weighted by atomic mass is 16.6. The van der Waals surface area contributed by atoms with Gasteiger partial charge >= 0.3 is 5.97 Å². The summed E-state index contributed by atoms with van der Waals surface area (Å²) in [6.07, 6.45) is 1.05. The minimum absolute atomic E-state index is 0.0306. The fraction of sp³-hybridized carbons (Fsp3) is 0.538. The van der Waals surface area contributed by atoms with E-state index in [1.165, 1.54) is 0 Å². The van der Waals surface area contributed by atoms with Crippen molar-refractivity contribution in [1.82, 2.24) is 9.88 Å². The summed E-state index contributed by atoms with van der Waals surface area (Å²) in [6, 6.07) is 0.985. The fourth-order valence-electron chi connectivity index (χ4n) is 1.98. The lowest BCUT2D eigenvalue weighted by Crippen LogP contribution is -2.35. The Bertz CT molecular complexity index is 517. The van der Waals surface area contributed by atoms with Crippen molar-refractivity contribution in [2.45, 2.75) is 26.8 Å². The van der Waals surface area contributed by atoms with E-state index in [0.29, 0.717) is 0 Å². The molecule has 1 rings (SSSR count). The largest absolute Gasteiger partial charge is 0.478 e. The van der Waals surface area contributed by atoms with Gasteiger partial charge in [-0.2, -0.15) is 0 Å². The maximum Gasteiger partial charge on any atom is 0.339 e. The number of anilines is 1. The summed E-state index contributed by atoms with van der Waals surface area (Å²) in [5.74, 6) is -1.10. The molecule has 116 valence electrons. The van der Waals surface area contributed by atoms with Crippen LogP contribution in [0.2, 0.25) is 0 Å². The van der Waals surface area contributed by atoms with Crippen LogP contribution in [0.3, 0.4) is 0 Å². The van der Waals surface area contributed by atoms with Gasteiger partial charge in [0.05, 0.1) is 4.92 Å². The second-order valence-electron chi connectivity index (χ2n) is 4.68. The topological polar surface area (TPSA) is 109 Å². The van der Waals surface area contributed by atoms with Crippen LogP contribution < -0.4 is 5.32 Å². The minimum Gasteiger partial charge on any atom is -0.478 e. The number of hydrogen-bond acceptors (Lipinski definition) is 6. The van der Waals surface area contributed by atoms with E-state index in [2.05, 4.69) is 15.2 Å². The summed E-state index contributed by atoms with van der Waals surface area (Å²) in [5.41, 5.74) is -0.537. The Hall–Kier alpha value is -2.22. The van der Waals surface area contributed by atoms with Crippen molar-refractivity contribution in [2.75, 3.05) is 25.0 Å². The summed E-state index contributed by atoms with van der Waals surface area (Å²) in [5, 5.41) is 22.8. The van der Waals surface area contributed by atoms with Crippen LogP contribution in [0.25, 0.3) is 0 Å². The van der Waals surface area contributed by atoms with Crippen LogP contribution in [-0.4, -0.2) is 51.6 Å². The number of rotatable bonds is 8. The molecule has 0 saturated heterocycles. The van der Waals surface area contributed by atoms with Crippen LogP contribution in [0, 0.1) is 10.1 Å². The number of nitro groups is 1. The molecule has 1 atom stereocenters. The van der Waals surface area contributed by atoms with Crippen molar-refractivity contribution >= 4 is 17.5 Å². The number of aromatic nitrogens is 1. The third-order valence-electron chi connectivity index (χ3n) is 3.12. The third kappa shape index (κ3) is 4.67. The maximum atomic E-state index is 11.2. The standard InChI is InChI=1S/C13H20N4O4/c1-4-16(5-2)8-9(3)15-12-11(13(18)19)6-10(7-14-12)17(20)21/h6-7,9H,4-5,8H2,1-3H3,(H,14,15)(H,18,19). The molecule has 0 aliphatic rings. The second-order valence-corrected chi connectivity index (χ2v) is 4.68. The quantitative estimate of drug-likeness (QED) is 0.556. The predicted molar refractivity (Wildman–Crippen MR) is 78.7 cm³/mol. The van der Waals surface area contributed by atoms with Gasteiger partial charge in [0.2, 0.25) is 0 Å². The number of likely N-dealkylation sites (N-methyl/N-ethyl adjacent to an activating group) is 1. The molecule has 0 fully saturated rings. The Kier molecular flexibility index (Phi) is 6.04. The zero-order valence-corrected chi connectivity index (χ0v) is 12.4. The molecule has 0 amide bonds. The van der Waals surface area contributed by atoms with Crippen molar-refractivity contribution in [3.8, 4) is 0 Å². The molecule has 1 aromatic rings. The van der Waals surface area contributed by atoms with Gasteiger partial charge in [-0.3, -0.25) is 10.1 Å². The fourth-order valence-corrected chi connectivity index (χ4v) is 1.98. The lowest BCUT2D eigenvalue weighted by molar-refractivity contribution is -0.385. The molecule has 1 aromatic heterocycles. The SMILES string of the molecule is CCN(CC)CC(C)Nc1ncc([N+](=O)[O-])cc1C(=O)O. The van der Waals surface area contributed by atoms with Crippen LogP contribution >= 0.6 is 0 Å². The van der Waals surface area contributed by atoms with Crippen molar-refractivity contribution in [2.24, 2.45) is 0 Å². The first-order valence-electron chi connectivity index (χ1n) is 6.75. The highest BCUT2D eigenvalue weighted by Gasteiger charge is 2.19. The zero-order chi connectivity index (χ0) is 16.0. The second kappa shape index (κ2) is 7.53. The summed E-state index contributed by atoms with van der Waals surface area (Å²) < 4.78 is 0. The molecular weight excluding hydrogens is 276 g/mol.